The Morgan fingerprint density at radius 3 is 2.18 bits per heavy atom. The Hall–Kier alpha value is -3.29. The van der Waals surface area contributed by atoms with Crippen molar-refractivity contribution in [1.82, 2.24) is 4.90 Å². The highest BCUT2D eigenvalue weighted by atomic mass is 19.4. The fourth-order valence-electron chi connectivity index (χ4n) is 2.88. The smallest absolute Gasteiger partial charge is 0.406 e. The van der Waals surface area contributed by atoms with Crippen LogP contribution < -0.4 is 10.1 Å². The molecular formula is C20H17F3N2O3. The maximum absolute atomic E-state index is 12.8. The number of hydrogen-bond acceptors (Lipinski definition) is 4. The maximum atomic E-state index is 12.8. The van der Waals surface area contributed by atoms with Crippen LogP contribution in [0.2, 0.25) is 0 Å². The van der Waals surface area contributed by atoms with E-state index >= 15 is 0 Å². The molecule has 0 atom stereocenters. The molecule has 8 heteroatoms. The van der Waals surface area contributed by atoms with Gasteiger partial charge in [0.25, 0.3) is 11.8 Å². The van der Waals surface area contributed by atoms with E-state index < -0.39 is 18.2 Å². The van der Waals surface area contributed by atoms with Crippen LogP contribution in [0.3, 0.4) is 0 Å². The van der Waals surface area contributed by atoms with Gasteiger partial charge in [-0.3, -0.25) is 14.5 Å². The predicted octanol–water partition coefficient (Wildman–Crippen LogP) is 4.19. The Morgan fingerprint density at radius 2 is 1.61 bits per heavy atom. The molecular weight excluding hydrogens is 373 g/mol. The van der Waals surface area contributed by atoms with Crippen molar-refractivity contribution in [3.63, 3.8) is 0 Å². The van der Waals surface area contributed by atoms with Crippen LogP contribution >= 0.6 is 0 Å². The average molecular weight is 390 g/mol. The first-order valence-corrected chi connectivity index (χ1v) is 8.59. The number of rotatable bonds is 6. The lowest BCUT2D eigenvalue weighted by molar-refractivity contribution is -0.274. The molecule has 1 aliphatic rings. The first-order chi connectivity index (χ1) is 13.3. The summed E-state index contributed by atoms with van der Waals surface area (Å²) in [6.07, 6.45) is -4.18. The molecule has 0 fully saturated rings. The van der Waals surface area contributed by atoms with E-state index in [4.69, 9.17) is 0 Å². The lowest BCUT2D eigenvalue weighted by Crippen LogP contribution is -2.33. The van der Waals surface area contributed by atoms with Crippen LogP contribution in [0.1, 0.15) is 18.9 Å². The average Bonchev–Trinajstić information content (AvgIpc) is 2.87. The van der Waals surface area contributed by atoms with Crippen molar-refractivity contribution in [3.05, 3.63) is 65.9 Å². The third-order valence-electron chi connectivity index (χ3n) is 4.03. The molecule has 2 aromatic carbocycles. The highest BCUT2D eigenvalue weighted by molar-refractivity contribution is 6.36. The van der Waals surface area contributed by atoms with E-state index in [-0.39, 0.29) is 23.6 Å². The zero-order valence-corrected chi connectivity index (χ0v) is 14.9. The van der Waals surface area contributed by atoms with E-state index in [1.807, 2.05) is 6.92 Å². The standard InChI is InChI=1S/C20H17F3N2O3/c1-2-12-25-18(26)16(13-6-4-3-5-7-13)17(19(25)27)24-14-8-10-15(11-9-14)28-20(21,22)23/h3-11,24H,2,12H2,1H3. The number of imide groups is 1. The number of benzene rings is 2. The van der Waals surface area contributed by atoms with Gasteiger partial charge in [-0.2, -0.15) is 0 Å². The second-order valence-corrected chi connectivity index (χ2v) is 6.08. The summed E-state index contributed by atoms with van der Waals surface area (Å²) < 4.78 is 40.7. The van der Waals surface area contributed by atoms with Crippen molar-refractivity contribution in [2.45, 2.75) is 19.7 Å². The summed E-state index contributed by atoms with van der Waals surface area (Å²) in [5, 5.41) is 2.88. The van der Waals surface area contributed by atoms with Crippen molar-refractivity contribution < 1.29 is 27.5 Å². The van der Waals surface area contributed by atoms with Crippen LogP contribution in [0.15, 0.2) is 60.3 Å². The molecule has 1 aliphatic heterocycles. The molecule has 0 bridgehead atoms. The summed E-state index contributed by atoms with van der Waals surface area (Å²) in [4.78, 5) is 26.7. The molecule has 2 aromatic rings. The van der Waals surface area contributed by atoms with Crippen LogP contribution in [0.4, 0.5) is 18.9 Å². The Morgan fingerprint density at radius 1 is 0.964 bits per heavy atom. The van der Waals surface area contributed by atoms with E-state index in [0.717, 1.165) is 17.0 Å². The van der Waals surface area contributed by atoms with Crippen molar-refractivity contribution in [1.29, 1.82) is 0 Å². The molecule has 2 amide bonds. The van der Waals surface area contributed by atoms with Gasteiger partial charge in [0, 0.05) is 12.2 Å². The summed E-state index contributed by atoms with van der Waals surface area (Å²) in [5.74, 6) is -1.25. The molecule has 3 rings (SSSR count). The van der Waals surface area contributed by atoms with Gasteiger partial charge in [-0.1, -0.05) is 37.3 Å². The molecule has 0 aromatic heterocycles. The first kappa shape index (κ1) is 19.5. The number of alkyl halides is 3. The fraction of sp³-hybridized carbons (Fsp3) is 0.200. The molecule has 146 valence electrons. The van der Waals surface area contributed by atoms with Crippen LogP contribution in [-0.2, 0) is 9.59 Å². The minimum absolute atomic E-state index is 0.0918. The first-order valence-electron chi connectivity index (χ1n) is 8.59. The summed E-state index contributed by atoms with van der Waals surface area (Å²) in [5.41, 5.74) is 1.26. The van der Waals surface area contributed by atoms with Gasteiger partial charge in [0.15, 0.2) is 0 Å². The van der Waals surface area contributed by atoms with Gasteiger partial charge in [-0.15, -0.1) is 13.2 Å². The van der Waals surface area contributed by atoms with Gasteiger partial charge in [0.2, 0.25) is 0 Å². The number of amides is 2. The molecule has 0 saturated carbocycles. The summed E-state index contributed by atoms with van der Waals surface area (Å²) in [7, 11) is 0. The monoisotopic (exact) mass is 390 g/mol. The number of halogens is 3. The number of carbonyl (C=O) groups excluding carboxylic acids is 2. The number of anilines is 1. The third kappa shape index (κ3) is 4.16. The second-order valence-electron chi connectivity index (χ2n) is 6.08. The second kappa shape index (κ2) is 7.75. The Bertz CT molecular complexity index is 907. The van der Waals surface area contributed by atoms with Crippen LogP contribution in [0.5, 0.6) is 5.75 Å². The predicted molar refractivity (Wildman–Crippen MR) is 97.1 cm³/mol. The Balaban J connectivity index is 1.93. The van der Waals surface area contributed by atoms with Crippen LogP contribution in [-0.4, -0.2) is 29.6 Å². The topological polar surface area (TPSA) is 58.6 Å². The lowest BCUT2D eigenvalue weighted by atomic mass is 10.0. The van der Waals surface area contributed by atoms with Gasteiger partial charge in [0.05, 0.1) is 5.57 Å². The number of nitrogens with one attached hydrogen (secondary N) is 1. The van der Waals surface area contributed by atoms with Crippen molar-refractivity contribution in [2.24, 2.45) is 0 Å². The summed E-state index contributed by atoms with van der Waals surface area (Å²) in [6.45, 7) is 2.13. The van der Waals surface area contributed by atoms with Crippen molar-refractivity contribution in [2.75, 3.05) is 11.9 Å². The van der Waals surface area contributed by atoms with E-state index in [1.165, 1.54) is 12.1 Å². The molecule has 0 aliphatic carbocycles. The van der Waals surface area contributed by atoms with E-state index in [2.05, 4.69) is 10.1 Å². The van der Waals surface area contributed by atoms with Gasteiger partial charge in [-0.05, 0) is 36.2 Å². The molecule has 1 N–H and O–H groups in total. The number of carbonyl (C=O) groups is 2. The molecule has 0 saturated heterocycles. The minimum Gasteiger partial charge on any atom is -0.406 e. The van der Waals surface area contributed by atoms with Crippen LogP contribution in [0.25, 0.3) is 5.57 Å². The minimum atomic E-state index is -4.79. The zero-order valence-electron chi connectivity index (χ0n) is 14.9. The van der Waals surface area contributed by atoms with Gasteiger partial charge < -0.3 is 10.1 Å². The Kier molecular flexibility index (Phi) is 5.39. The highest BCUT2D eigenvalue weighted by Gasteiger charge is 2.38. The van der Waals surface area contributed by atoms with E-state index in [1.54, 1.807) is 30.3 Å². The number of nitrogens with zero attached hydrogens (tertiary/aromatic N) is 1. The van der Waals surface area contributed by atoms with Gasteiger partial charge >= 0.3 is 6.36 Å². The summed E-state index contributed by atoms with van der Waals surface area (Å²) in [6, 6.07) is 13.7. The molecule has 0 unspecified atom stereocenters. The number of hydrogen-bond donors (Lipinski definition) is 1. The highest BCUT2D eigenvalue weighted by Crippen LogP contribution is 2.31. The maximum Gasteiger partial charge on any atom is 0.573 e. The Labute approximate surface area is 159 Å². The van der Waals surface area contributed by atoms with Crippen molar-refractivity contribution in [3.8, 4) is 5.75 Å². The fourth-order valence-corrected chi connectivity index (χ4v) is 2.88. The van der Waals surface area contributed by atoms with E-state index in [9.17, 15) is 22.8 Å². The largest absolute Gasteiger partial charge is 0.573 e. The normalized spacial score (nSPS) is 14.6. The zero-order chi connectivity index (χ0) is 20.3. The SMILES string of the molecule is CCCN1C(=O)C(Nc2ccc(OC(F)(F)F)cc2)=C(c2ccccc2)C1=O. The van der Waals surface area contributed by atoms with E-state index in [0.29, 0.717) is 17.7 Å². The lowest BCUT2D eigenvalue weighted by Gasteiger charge is -2.14. The van der Waals surface area contributed by atoms with Crippen molar-refractivity contribution >= 4 is 23.1 Å². The molecule has 0 radical (unpaired) electrons. The van der Waals surface area contributed by atoms with Crippen LogP contribution in [0, 0.1) is 0 Å². The molecule has 28 heavy (non-hydrogen) atoms. The molecule has 5 nitrogen and oxygen atoms in total. The van der Waals surface area contributed by atoms with Gasteiger partial charge in [0.1, 0.15) is 11.4 Å². The summed E-state index contributed by atoms with van der Waals surface area (Å²) >= 11 is 0. The molecule has 1 heterocycles. The van der Waals surface area contributed by atoms with Gasteiger partial charge in [-0.25, -0.2) is 0 Å². The number of ether oxygens (including phenoxy) is 1. The molecule has 0 spiro atoms. The quantitative estimate of drug-likeness (QED) is 0.752. The third-order valence-corrected chi connectivity index (χ3v) is 4.03.